The Kier molecular flexibility index (Phi) is 5.85. The third-order valence-corrected chi connectivity index (χ3v) is 5.87. The highest BCUT2D eigenvalue weighted by atomic mass is 32.1. The van der Waals surface area contributed by atoms with Crippen LogP contribution in [0, 0.1) is 0 Å². The predicted octanol–water partition coefficient (Wildman–Crippen LogP) is 3.74. The Morgan fingerprint density at radius 3 is 2.73 bits per heavy atom. The van der Waals surface area contributed by atoms with Gasteiger partial charge in [0.05, 0.1) is 21.6 Å². The van der Waals surface area contributed by atoms with Crippen molar-refractivity contribution in [3.8, 4) is 9.75 Å². The molecule has 3 aromatic heterocycles. The number of thiazole rings is 1. The van der Waals surface area contributed by atoms with Gasteiger partial charge in [0.25, 0.3) is 5.91 Å². The molecule has 0 bridgehead atoms. The zero-order valence-electron chi connectivity index (χ0n) is 14.9. The van der Waals surface area contributed by atoms with E-state index in [1.54, 1.807) is 28.9 Å². The molecular weight excluding hydrogens is 368 g/mol. The molecule has 1 amide bonds. The molecule has 0 spiro atoms. The normalized spacial score (nSPS) is 12.5. The van der Waals surface area contributed by atoms with E-state index in [0.717, 1.165) is 25.7 Å². The summed E-state index contributed by atoms with van der Waals surface area (Å²) in [6, 6.07) is 2.14. The minimum atomic E-state index is -0.186. The van der Waals surface area contributed by atoms with Crippen molar-refractivity contribution in [2.45, 2.75) is 39.3 Å². The quantitative estimate of drug-likeness (QED) is 0.572. The first-order chi connectivity index (χ1) is 12.5. The zero-order chi connectivity index (χ0) is 18.7. The maximum absolute atomic E-state index is 12.7. The van der Waals surface area contributed by atoms with E-state index in [2.05, 4.69) is 26.7 Å². The number of hydrogen-bond acceptors (Lipinski definition) is 7. The Balaban J connectivity index is 2.03. The van der Waals surface area contributed by atoms with Gasteiger partial charge in [-0.25, -0.2) is 4.98 Å². The lowest BCUT2D eigenvalue weighted by molar-refractivity contribution is 0.0935. The standard InChI is InChI=1S/C18H22N4O2S2/c1-10(2)21-16-12-6-14(15-8-19-9-25-15)26-18(12)20-7-13(16)17(24)22-11(3)4-5-23/h6-11,23H,4-5H2,1-3H3,(H,20,21)(H,22,24)/t11-/m1/s1. The molecule has 8 heteroatoms. The zero-order valence-corrected chi connectivity index (χ0v) is 16.6. The van der Waals surface area contributed by atoms with Crippen LogP contribution in [0.1, 0.15) is 37.6 Å². The summed E-state index contributed by atoms with van der Waals surface area (Å²) in [4.78, 5) is 24.4. The number of fused-ring (bicyclic) bond motifs is 1. The fraction of sp³-hybridized carbons (Fsp3) is 0.389. The Morgan fingerprint density at radius 1 is 1.27 bits per heavy atom. The highest BCUT2D eigenvalue weighted by molar-refractivity contribution is 7.25. The summed E-state index contributed by atoms with van der Waals surface area (Å²) in [5, 5.41) is 16.3. The molecule has 0 saturated carbocycles. The van der Waals surface area contributed by atoms with Crippen molar-refractivity contribution in [2.75, 3.05) is 11.9 Å². The van der Waals surface area contributed by atoms with Gasteiger partial charge in [0.15, 0.2) is 0 Å². The summed E-state index contributed by atoms with van der Waals surface area (Å²) in [6.45, 7) is 6.00. The van der Waals surface area contributed by atoms with Gasteiger partial charge in [-0.15, -0.1) is 22.7 Å². The van der Waals surface area contributed by atoms with Crippen LogP contribution in [-0.2, 0) is 0 Å². The highest BCUT2D eigenvalue weighted by Crippen LogP contribution is 2.38. The summed E-state index contributed by atoms with van der Waals surface area (Å²) in [6.07, 6.45) is 3.98. The molecule has 0 unspecified atom stereocenters. The van der Waals surface area contributed by atoms with Crippen molar-refractivity contribution in [2.24, 2.45) is 0 Å². The van der Waals surface area contributed by atoms with Crippen LogP contribution in [-0.4, -0.2) is 39.7 Å². The SMILES string of the molecule is CC(C)Nc1c(C(=O)N[C@H](C)CCO)cnc2sc(-c3cncs3)cc12. The van der Waals surface area contributed by atoms with E-state index in [4.69, 9.17) is 5.11 Å². The molecule has 0 aliphatic rings. The first-order valence-corrected chi connectivity index (χ1v) is 10.2. The lowest BCUT2D eigenvalue weighted by atomic mass is 10.1. The second-order valence-corrected chi connectivity index (χ2v) is 8.34. The number of thiophene rings is 1. The summed E-state index contributed by atoms with van der Waals surface area (Å²) in [7, 11) is 0. The number of aliphatic hydroxyl groups is 1. The summed E-state index contributed by atoms with van der Waals surface area (Å²) in [5.74, 6) is -0.186. The van der Waals surface area contributed by atoms with E-state index in [-0.39, 0.29) is 24.6 Å². The molecular formula is C18H22N4O2S2. The molecule has 0 aromatic carbocycles. The molecule has 138 valence electrons. The monoisotopic (exact) mass is 390 g/mol. The van der Waals surface area contributed by atoms with Gasteiger partial charge in [-0.2, -0.15) is 0 Å². The number of carbonyl (C=O) groups excluding carboxylic acids is 1. The van der Waals surface area contributed by atoms with Crippen molar-refractivity contribution in [1.29, 1.82) is 0 Å². The van der Waals surface area contributed by atoms with Gasteiger partial charge >= 0.3 is 0 Å². The number of nitrogens with one attached hydrogen (secondary N) is 2. The Bertz CT molecular complexity index is 890. The lowest BCUT2D eigenvalue weighted by Gasteiger charge is -2.17. The number of nitrogens with zero attached hydrogens (tertiary/aromatic N) is 2. The highest BCUT2D eigenvalue weighted by Gasteiger charge is 2.20. The summed E-state index contributed by atoms with van der Waals surface area (Å²) in [5.41, 5.74) is 3.12. The fourth-order valence-corrected chi connectivity index (χ4v) is 4.35. The number of pyridine rings is 1. The second kappa shape index (κ2) is 8.11. The smallest absolute Gasteiger partial charge is 0.255 e. The molecule has 0 fully saturated rings. The molecule has 3 heterocycles. The lowest BCUT2D eigenvalue weighted by Crippen LogP contribution is -2.34. The predicted molar refractivity (Wildman–Crippen MR) is 108 cm³/mol. The molecule has 0 aliphatic heterocycles. The maximum Gasteiger partial charge on any atom is 0.255 e. The number of carbonyl (C=O) groups is 1. The number of aliphatic hydroxyl groups excluding tert-OH is 1. The summed E-state index contributed by atoms with van der Waals surface area (Å²) < 4.78 is 0. The van der Waals surface area contributed by atoms with Crippen molar-refractivity contribution in [3.63, 3.8) is 0 Å². The van der Waals surface area contributed by atoms with Crippen molar-refractivity contribution in [3.05, 3.63) is 29.5 Å². The van der Waals surface area contributed by atoms with E-state index in [0.29, 0.717) is 12.0 Å². The molecule has 3 rings (SSSR count). The first kappa shape index (κ1) is 18.8. The van der Waals surface area contributed by atoms with Gasteiger partial charge in [-0.05, 0) is 33.3 Å². The van der Waals surface area contributed by atoms with Gasteiger partial charge in [-0.3, -0.25) is 9.78 Å². The Morgan fingerprint density at radius 2 is 2.08 bits per heavy atom. The van der Waals surface area contributed by atoms with Gasteiger partial charge < -0.3 is 15.7 Å². The van der Waals surface area contributed by atoms with Crippen LogP contribution >= 0.6 is 22.7 Å². The average molecular weight is 391 g/mol. The largest absolute Gasteiger partial charge is 0.396 e. The molecule has 0 aliphatic carbocycles. The molecule has 1 atom stereocenters. The van der Waals surface area contributed by atoms with E-state index < -0.39 is 0 Å². The summed E-state index contributed by atoms with van der Waals surface area (Å²) >= 11 is 3.18. The maximum atomic E-state index is 12.7. The molecule has 3 N–H and O–H groups in total. The van der Waals surface area contributed by atoms with Gasteiger partial charge in [0.1, 0.15) is 4.83 Å². The Hall–Kier alpha value is -2.03. The molecule has 6 nitrogen and oxygen atoms in total. The third kappa shape index (κ3) is 4.03. The molecule has 3 aromatic rings. The third-order valence-electron chi connectivity index (χ3n) is 3.85. The molecule has 0 saturated heterocycles. The van der Waals surface area contributed by atoms with Gasteiger partial charge in [0, 0.05) is 41.3 Å². The van der Waals surface area contributed by atoms with Crippen LogP contribution < -0.4 is 10.6 Å². The molecule has 26 heavy (non-hydrogen) atoms. The minimum absolute atomic E-state index is 0.0403. The van der Waals surface area contributed by atoms with Crippen LogP contribution in [0.4, 0.5) is 5.69 Å². The van der Waals surface area contributed by atoms with E-state index >= 15 is 0 Å². The van der Waals surface area contributed by atoms with Gasteiger partial charge in [0.2, 0.25) is 0 Å². The van der Waals surface area contributed by atoms with Crippen molar-refractivity contribution in [1.82, 2.24) is 15.3 Å². The number of amides is 1. The number of hydrogen-bond donors (Lipinski definition) is 3. The number of anilines is 1. The van der Waals surface area contributed by atoms with E-state index in [9.17, 15) is 4.79 Å². The number of rotatable bonds is 7. The van der Waals surface area contributed by atoms with Crippen molar-refractivity contribution >= 4 is 44.5 Å². The average Bonchev–Trinajstić information content (AvgIpc) is 3.24. The van der Waals surface area contributed by atoms with E-state index in [1.807, 2.05) is 32.5 Å². The topological polar surface area (TPSA) is 87.1 Å². The Labute approximate surface area is 160 Å². The first-order valence-electron chi connectivity index (χ1n) is 8.49. The van der Waals surface area contributed by atoms with Crippen LogP contribution in [0.2, 0.25) is 0 Å². The fourth-order valence-electron chi connectivity index (χ4n) is 2.63. The van der Waals surface area contributed by atoms with Crippen LogP contribution in [0.15, 0.2) is 24.0 Å². The second-order valence-electron chi connectivity index (χ2n) is 6.43. The van der Waals surface area contributed by atoms with E-state index in [1.165, 1.54) is 0 Å². The van der Waals surface area contributed by atoms with Crippen LogP contribution in [0.5, 0.6) is 0 Å². The van der Waals surface area contributed by atoms with Crippen molar-refractivity contribution < 1.29 is 9.90 Å². The van der Waals surface area contributed by atoms with Crippen LogP contribution in [0.3, 0.4) is 0 Å². The molecule has 0 radical (unpaired) electrons. The number of aromatic nitrogens is 2. The van der Waals surface area contributed by atoms with Gasteiger partial charge in [-0.1, -0.05) is 0 Å². The minimum Gasteiger partial charge on any atom is -0.396 e. The van der Waals surface area contributed by atoms with Crippen LogP contribution in [0.25, 0.3) is 20.0 Å².